The molecule has 0 radical (unpaired) electrons. The third-order valence-corrected chi connectivity index (χ3v) is 3.13. The second-order valence-corrected chi connectivity index (χ2v) is 4.35. The van der Waals surface area contributed by atoms with Gasteiger partial charge < -0.3 is 15.2 Å². The second kappa shape index (κ2) is 7.01. The zero-order valence-corrected chi connectivity index (χ0v) is 11.2. The number of hydrogen-bond acceptors (Lipinski definition) is 3. The predicted octanol–water partition coefficient (Wildman–Crippen LogP) is 2.27. The molecule has 0 aliphatic carbocycles. The van der Waals surface area contributed by atoms with Crippen molar-refractivity contribution in [2.75, 3.05) is 13.7 Å². The van der Waals surface area contributed by atoms with Crippen LogP contribution < -0.4 is 10.1 Å². The molecule has 0 fully saturated rings. The summed E-state index contributed by atoms with van der Waals surface area (Å²) >= 11 is 0. The van der Waals surface area contributed by atoms with Crippen molar-refractivity contribution in [2.24, 2.45) is 0 Å². The fourth-order valence-corrected chi connectivity index (χ4v) is 1.85. The molecule has 0 aliphatic heterocycles. The molecule has 1 rings (SSSR count). The van der Waals surface area contributed by atoms with E-state index in [2.05, 4.69) is 12.2 Å². The first kappa shape index (κ1) is 14.5. The Morgan fingerprint density at radius 2 is 2.06 bits per heavy atom. The number of benzene rings is 1. The lowest BCUT2D eigenvalue weighted by atomic mass is 10.0. The summed E-state index contributed by atoms with van der Waals surface area (Å²) in [5.74, 6) is 0.162. The molecule has 0 saturated carbocycles. The van der Waals surface area contributed by atoms with Crippen molar-refractivity contribution in [1.29, 1.82) is 0 Å². The normalized spacial score (nSPS) is 10.4. The first-order chi connectivity index (χ1) is 8.56. The molecule has 0 bridgehead atoms. The minimum Gasteiger partial charge on any atom is -0.496 e. The van der Waals surface area contributed by atoms with E-state index in [4.69, 9.17) is 9.84 Å². The smallest absolute Gasteiger partial charge is 0.303 e. The van der Waals surface area contributed by atoms with Gasteiger partial charge in [0.15, 0.2) is 0 Å². The van der Waals surface area contributed by atoms with Gasteiger partial charge in [0.05, 0.1) is 7.11 Å². The molecular formula is C14H21NO3. The van der Waals surface area contributed by atoms with E-state index in [9.17, 15) is 4.79 Å². The van der Waals surface area contributed by atoms with Gasteiger partial charge in [-0.3, -0.25) is 4.79 Å². The Kier molecular flexibility index (Phi) is 5.65. The van der Waals surface area contributed by atoms with Gasteiger partial charge in [0, 0.05) is 13.0 Å². The number of carbonyl (C=O) groups is 1. The maximum atomic E-state index is 10.4. The molecule has 0 aliphatic rings. The maximum Gasteiger partial charge on any atom is 0.303 e. The first-order valence-corrected chi connectivity index (χ1v) is 6.12. The molecule has 2 N–H and O–H groups in total. The maximum absolute atomic E-state index is 10.4. The highest BCUT2D eigenvalue weighted by atomic mass is 16.5. The number of rotatable bonds is 7. The predicted molar refractivity (Wildman–Crippen MR) is 71.0 cm³/mol. The Morgan fingerprint density at radius 3 is 2.67 bits per heavy atom. The van der Waals surface area contributed by atoms with Gasteiger partial charge in [-0.25, -0.2) is 0 Å². The van der Waals surface area contributed by atoms with Gasteiger partial charge in [-0.15, -0.1) is 0 Å². The lowest BCUT2D eigenvalue weighted by molar-refractivity contribution is -0.137. The molecule has 0 heterocycles. The summed E-state index contributed by atoms with van der Waals surface area (Å²) in [5, 5.41) is 11.8. The van der Waals surface area contributed by atoms with Crippen LogP contribution in [0, 0.1) is 13.8 Å². The van der Waals surface area contributed by atoms with Crippen LogP contribution in [0.15, 0.2) is 12.1 Å². The minimum absolute atomic E-state index is 0.216. The van der Waals surface area contributed by atoms with Crippen LogP contribution >= 0.6 is 0 Å². The number of methoxy groups -OCH3 is 1. The van der Waals surface area contributed by atoms with Crippen LogP contribution in [0.5, 0.6) is 5.75 Å². The van der Waals surface area contributed by atoms with Crippen LogP contribution in [0.3, 0.4) is 0 Å². The van der Waals surface area contributed by atoms with Crippen molar-refractivity contribution in [3.05, 3.63) is 28.8 Å². The Morgan fingerprint density at radius 1 is 1.33 bits per heavy atom. The van der Waals surface area contributed by atoms with Crippen LogP contribution in [0.25, 0.3) is 0 Å². The fraction of sp³-hybridized carbons (Fsp3) is 0.500. The summed E-state index contributed by atoms with van der Waals surface area (Å²) in [6.07, 6.45) is 0.872. The minimum atomic E-state index is -0.742. The Hall–Kier alpha value is -1.55. The van der Waals surface area contributed by atoms with E-state index in [0.29, 0.717) is 6.42 Å². The van der Waals surface area contributed by atoms with E-state index >= 15 is 0 Å². The molecular weight excluding hydrogens is 230 g/mol. The van der Waals surface area contributed by atoms with Gasteiger partial charge >= 0.3 is 5.97 Å². The van der Waals surface area contributed by atoms with E-state index in [-0.39, 0.29) is 6.42 Å². The van der Waals surface area contributed by atoms with Crippen LogP contribution in [-0.2, 0) is 11.3 Å². The number of carboxylic acid groups (broad SMARTS) is 1. The molecule has 0 aromatic heterocycles. The quantitative estimate of drug-likeness (QED) is 0.730. The van der Waals surface area contributed by atoms with Gasteiger partial charge in [-0.05, 0) is 49.6 Å². The average molecular weight is 251 g/mol. The molecule has 4 nitrogen and oxygen atoms in total. The first-order valence-electron chi connectivity index (χ1n) is 6.12. The van der Waals surface area contributed by atoms with Crippen molar-refractivity contribution < 1.29 is 14.6 Å². The molecule has 0 unspecified atom stereocenters. The monoisotopic (exact) mass is 251 g/mol. The van der Waals surface area contributed by atoms with Crippen molar-refractivity contribution in [2.45, 2.75) is 33.2 Å². The average Bonchev–Trinajstić information content (AvgIpc) is 2.33. The zero-order chi connectivity index (χ0) is 13.5. The van der Waals surface area contributed by atoms with E-state index < -0.39 is 5.97 Å². The van der Waals surface area contributed by atoms with E-state index in [1.165, 1.54) is 11.1 Å². The summed E-state index contributed by atoms with van der Waals surface area (Å²) in [6, 6.07) is 4.02. The van der Waals surface area contributed by atoms with Gasteiger partial charge in [-0.1, -0.05) is 6.07 Å². The van der Waals surface area contributed by atoms with E-state index in [1.807, 2.05) is 19.1 Å². The molecule has 1 aromatic rings. The van der Waals surface area contributed by atoms with Gasteiger partial charge in [0.25, 0.3) is 0 Å². The molecule has 0 saturated heterocycles. The Labute approximate surface area is 108 Å². The number of aliphatic carboxylic acids is 1. The van der Waals surface area contributed by atoms with Gasteiger partial charge in [0.1, 0.15) is 5.75 Å². The number of nitrogens with one attached hydrogen (secondary N) is 1. The van der Waals surface area contributed by atoms with Crippen molar-refractivity contribution in [3.63, 3.8) is 0 Å². The number of carboxylic acids is 1. The third kappa shape index (κ3) is 4.04. The molecule has 1 aromatic carbocycles. The molecule has 100 valence electrons. The topological polar surface area (TPSA) is 58.6 Å². The Bertz CT molecular complexity index is 416. The van der Waals surface area contributed by atoms with Crippen LogP contribution in [0.4, 0.5) is 0 Å². The summed E-state index contributed by atoms with van der Waals surface area (Å²) in [6.45, 7) is 5.60. The lowest BCUT2D eigenvalue weighted by Gasteiger charge is -2.13. The summed E-state index contributed by atoms with van der Waals surface area (Å²) < 4.78 is 5.26. The zero-order valence-electron chi connectivity index (χ0n) is 11.2. The fourth-order valence-electron chi connectivity index (χ4n) is 1.85. The summed E-state index contributed by atoms with van der Waals surface area (Å²) in [7, 11) is 1.67. The largest absolute Gasteiger partial charge is 0.496 e. The lowest BCUT2D eigenvalue weighted by Crippen LogP contribution is -2.16. The van der Waals surface area contributed by atoms with Crippen LogP contribution in [0.2, 0.25) is 0 Å². The van der Waals surface area contributed by atoms with Crippen LogP contribution in [-0.4, -0.2) is 24.7 Å². The molecule has 18 heavy (non-hydrogen) atoms. The molecule has 0 spiro atoms. The molecule has 0 atom stereocenters. The van der Waals surface area contributed by atoms with Crippen molar-refractivity contribution in [3.8, 4) is 5.75 Å². The molecule has 4 heteroatoms. The summed E-state index contributed by atoms with van der Waals surface area (Å²) in [4.78, 5) is 10.4. The number of hydrogen-bond donors (Lipinski definition) is 2. The van der Waals surface area contributed by atoms with Gasteiger partial charge in [-0.2, -0.15) is 0 Å². The van der Waals surface area contributed by atoms with Gasteiger partial charge in [0.2, 0.25) is 0 Å². The second-order valence-electron chi connectivity index (χ2n) is 4.35. The Balaban J connectivity index is 2.48. The SMILES string of the molecule is COc1ccc(CNCCCC(=O)O)c(C)c1C. The number of ether oxygens (including phenoxy) is 1. The van der Waals surface area contributed by atoms with E-state index in [0.717, 1.165) is 24.4 Å². The highest BCUT2D eigenvalue weighted by Crippen LogP contribution is 2.23. The third-order valence-electron chi connectivity index (χ3n) is 3.13. The summed E-state index contributed by atoms with van der Waals surface area (Å²) in [5.41, 5.74) is 3.60. The van der Waals surface area contributed by atoms with E-state index in [1.54, 1.807) is 7.11 Å². The van der Waals surface area contributed by atoms with Crippen molar-refractivity contribution in [1.82, 2.24) is 5.32 Å². The highest BCUT2D eigenvalue weighted by molar-refractivity contribution is 5.66. The standard InChI is InChI=1S/C14H21NO3/c1-10-11(2)13(18-3)7-6-12(10)9-15-8-4-5-14(16)17/h6-7,15H,4-5,8-9H2,1-3H3,(H,16,17). The van der Waals surface area contributed by atoms with Crippen molar-refractivity contribution >= 4 is 5.97 Å². The molecule has 0 amide bonds. The highest BCUT2D eigenvalue weighted by Gasteiger charge is 2.06. The van der Waals surface area contributed by atoms with Crippen LogP contribution in [0.1, 0.15) is 29.5 Å².